The Kier molecular flexibility index (Phi) is 5.54. The van der Waals surface area contributed by atoms with Crippen molar-refractivity contribution in [3.05, 3.63) is 23.4 Å². The van der Waals surface area contributed by atoms with Gasteiger partial charge in [0.1, 0.15) is 5.82 Å². The number of ether oxygens (including phenoxy) is 1. The third-order valence-corrected chi connectivity index (χ3v) is 2.54. The van der Waals surface area contributed by atoms with Crippen molar-refractivity contribution in [1.29, 1.82) is 0 Å². The van der Waals surface area contributed by atoms with Gasteiger partial charge < -0.3 is 15.1 Å². The maximum Gasteiger partial charge on any atom is 0.253 e. The van der Waals surface area contributed by atoms with E-state index < -0.39 is 0 Å². The van der Waals surface area contributed by atoms with Gasteiger partial charge >= 0.3 is 0 Å². The van der Waals surface area contributed by atoms with Gasteiger partial charge in [-0.15, -0.1) is 0 Å². The van der Waals surface area contributed by atoms with Gasteiger partial charge in [0.15, 0.2) is 0 Å². The van der Waals surface area contributed by atoms with E-state index in [1.807, 2.05) is 6.92 Å². The zero-order chi connectivity index (χ0) is 13.5. The van der Waals surface area contributed by atoms with Crippen molar-refractivity contribution < 1.29 is 9.53 Å². The molecule has 6 heteroatoms. The van der Waals surface area contributed by atoms with Crippen LogP contribution in [0.4, 0.5) is 5.82 Å². The van der Waals surface area contributed by atoms with Gasteiger partial charge in [-0.1, -0.05) is 0 Å². The maximum absolute atomic E-state index is 12.1. The molecule has 1 amide bonds. The van der Waals surface area contributed by atoms with Gasteiger partial charge in [-0.2, -0.15) is 0 Å². The summed E-state index contributed by atoms with van der Waals surface area (Å²) in [6, 6.07) is 3.39. The van der Waals surface area contributed by atoms with E-state index in [0.717, 1.165) is 12.1 Å². The number of carbonyl (C=O) groups excluding carboxylic acids is 1. The Labute approximate surface area is 107 Å². The summed E-state index contributed by atoms with van der Waals surface area (Å²) in [5.74, 6) is 5.75. The molecule has 0 radical (unpaired) electrons. The third-order valence-electron chi connectivity index (χ3n) is 2.54. The van der Waals surface area contributed by atoms with E-state index in [1.165, 1.54) is 0 Å². The van der Waals surface area contributed by atoms with E-state index in [2.05, 4.69) is 10.4 Å². The molecule has 0 spiro atoms. The first kappa shape index (κ1) is 14.4. The van der Waals surface area contributed by atoms with Gasteiger partial charge in [-0.3, -0.25) is 4.79 Å². The van der Waals surface area contributed by atoms with Gasteiger partial charge in [0.05, 0.1) is 0 Å². The average molecular weight is 252 g/mol. The second kappa shape index (κ2) is 6.93. The van der Waals surface area contributed by atoms with Crippen molar-refractivity contribution in [3.63, 3.8) is 0 Å². The second-order valence-electron chi connectivity index (χ2n) is 4.10. The van der Waals surface area contributed by atoms with Crippen molar-refractivity contribution >= 4 is 11.7 Å². The molecule has 6 nitrogen and oxygen atoms in total. The largest absolute Gasteiger partial charge is 0.385 e. The number of nitrogen functional groups attached to an aromatic ring is 1. The first-order valence-corrected chi connectivity index (χ1v) is 5.78. The number of pyridine rings is 1. The van der Waals surface area contributed by atoms with Gasteiger partial charge in [0.2, 0.25) is 0 Å². The fourth-order valence-corrected chi connectivity index (χ4v) is 1.63. The van der Waals surface area contributed by atoms with Crippen LogP contribution in [0.3, 0.4) is 0 Å². The van der Waals surface area contributed by atoms with Gasteiger partial charge in [0.25, 0.3) is 5.91 Å². The highest BCUT2D eigenvalue weighted by Gasteiger charge is 2.13. The van der Waals surface area contributed by atoms with Crippen LogP contribution in [0, 0.1) is 6.92 Å². The fraction of sp³-hybridized carbons (Fsp3) is 0.500. The zero-order valence-corrected chi connectivity index (χ0v) is 11.1. The number of hydrogen-bond donors (Lipinski definition) is 2. The number of nitrogens with one attached hydrogen (secondary N) is 1. The number of nitrogens with zero attached hydrogens (tertiary/aromatic N) is 2. The fourth-order valence-electron chi connectivity index (χ4n) is 1.63. The topological polar surface area (TPSA) is 80.5 Å². The number of methoxy groups -OCH3 is 1. The van der Waals surface area contributed by atoms with Crippen LogP contribution >= 0.6 is 0 Å². The number of amides is 1. The summed E-state index contributed by atoms with van der Waals surface area (Å²) in [5.41, 5.74) is 3.78. The first-order chi connectivity index (χ1) is 8.58. The van der Waals surface area contributed by atoms with Crippen LogP contribution in [0.2, 0.25) is 0 Å². The predicted octanol–water partition coefficient (Wildman–Crippen LogP) is 0.784. The minimum Gasteiger partial charge on any atom is -0.385 e. The lowest BCUT2D eigenvalue weighted by Gasteiger charge is -2.17. The molecule has 0 fully saturated rings. The van der Waals surface area contributed by atoms with Gasteiger partial charge in [0, 0.05) is 38.6 Å². The summed E-state index contributed by atoms with van der Waals surface area (Å²) >= 11 is 0. The maximum atomic E-state index is 12.1. The van der Waals surface area contributed by atoms with Crippen LogP contribution in [0.15, 0.2) is 12.1 Å². The summed E-state index contributed by atoms with van der Waals surface area (Å²) in [5, 5.41) is 0. The highest BCUT2D eigenvalue weighted by Crippen LogP contribution is 2.11. The van der Waals surface area contributed by atoms with E-state index in [9.17, 15) is 4.79 Å². The van der Waals surface area contributed by atoms with Crippen LogP contribution in [-0.2, 0) is 4.74 Å². The number of anilines is 1. The molecule has 1 aromatic rings. The van der Waals surface area contributed by atoms with Crippen LogP contribution in [-0.4, -0.2) is 43.1 Å². The van der Waals surface area contributed by atoms with Crippen LogP contribution in [0.5, 0.6) is 0 Å². The van der Waals surface area contributed by atoms with E-state index >= 15 is 0 Å². The standard InChI is InChI=1S/C12H20N4O2/c1-9-7-10(8-11(14-9)15-13)12(17)16(2)5-4-6-18-3/h7-8H,4-6,13H2,1-3H3,(H,14,15). The highest BCUT2D eigenvalue weighted by atomic mass is 16.5. The van der Waals surface area contributed by atoms with E-state index in [4.69, 9.17) is 10.6 Å². The zero-order valence-electron chi connectivity index (χ0n) is 11.1. The van der Waals surface area contributed by atoms with Crippen LogP contribution in [0.25, 0.3) is 0 Å². The van der Waals surface area contributed by atoms with Crippen molar-refractivity contribution in [3.8, 4) is 0 Å². The van der Waals surface area contributed by atoms with E-state index in [1.54, 1.807) is 31.2 Å². The summed E-state index contributed by atoms with van der Waals surface area (Å²) in [4.78, 5) is 18.0. The quantitative estimate of drug-likeness (QED) is 0.444. The number of rotatable bonds is 6. The van der Waals surface area contributed by atoms with Crippen molar-refractivity contribution in [2.24, 2.45) is 5.84 Å². The smallest absolute Gasteiger partial charge is 0.253 e. The molecule has 1 rings (SSSR count). The molecule has 1 heterocycles. The lowest BCUT2D eigenvalue weighted by atomic mass is 10.2. The number of carbonyl (C=O) groups is 1. The molecule has 0 aliphatic heterocycles. The Morgan fingerprint density at radius 2 is 2.28 bits per heavy atom. The molecular weight excluding hydrogens is 232 g/mol. The Hall–Kier alpha value is -1.66. The SMILES string of the molecule is COCCCN(C)C(=O)c1cc(C)nc(NN)c1. The van der Waals surface area contributed by atoms with Crippen molar-refractivity contribution in [1.82, 2.24) is 9.88 Å². The first-order valence-electron chi connectivity index (χ1n) is 5.78. The molecular formula is C12H20N4O2. The monoisotopic (exact) mass is 252 g/mol. The Bertz CT molecular complexity index is 409. The van der Waals surface area contributed by atoms with Gasteiger partial charge in [-0.25, -0.2) is 10.8 Å². The summed E-state index contributed by atoms with van der Waals surface area (Å²) < 4.78 is 4.96. The molecule has 0 atom stereocenters. The minimum absolute atomic E-state index is 0.0481. The van der Waals surface area contributed by atoms with Crippen LogP contribution in [0.1, 0.15) is 22.5 Å². The average Bonchev–Trinajstić information content (AvgIpc) is 2.37. The number of aryl methyl sites for hydroxylation is 1. The number of aromatic nitrogens is 1. The normalized spacial score (nSPS) is 10.2. The van der Waals surface area contributed by atoms with E-state index in [-0.39, 0.29) is 5.91 Å². The Morgan fingerprint density at radius 3 is 2.89 bits per heavy atom. The van der Waals surface area contributed by atoms with Crippen molar-refractivity contribution in [2.75, 3.05) is 32.7 Å². The third kappa shape index (κ3) is 3.97. The van der Waals surface area contributed by atoms with E-state index in [0.29, 0.717) is 24.5 Å². The molecule has 0 unspecified atom stereocenters. The predicted molar refractivity (Wildman–Crippen MR) is 70.2 cm³/mol. The molecule has 0 aromatic carbocycles. The van der Waals surface area contributed by atoms with Crippen molar-refractivity contribution in [2.45, 2.75) is 13.3 Å². The summed E-state index contributed by atoms with van der Waals surface area (Å²) in [6.45, 7) is 3.12. The van der Waals surface area contributed by atoms with Gasteiger partial charge in [-0.05, 0) is 25.5 Å². The molecule has 3 N–H and O–H groups in total. The molecule has 1 aromatic heterocycles. The molecule has 0 aliphatic rings. The molecule has 0 saturated heterocycles. The summed E-state index contributed by atoms with van der Waals surface area (Å²) in [7, 11) is 3.41. The minimum atomic E-state index is -0.0481. The lowest BCUT2D eigenvalue weighted by molar-refractivity contribution is 0.0779. The second-order valence-corrected chi connectivity index (χ2v) is 4.10. The Balaban J connectivity index is 2.73. The van der Waals surface area contributed by atoms with Crippen LogP contribution < -0.4 is 11.3 Å². The Morgan fingerprint density at radius 1 is 1.56 bits per heavy atom. The molecule has 0 saturated carbocycles. The molecule has 100 valence electrons. The lowest BCUT2D eigenvalue weighted by Crippen LogP contribution is -2.28. The molecule has 18 heavy (non-hydrogen) atoms. The number of hydrazine groups is 1. The number of nitrogens with two attached hydrogens (primary N) is 1. The highest BCUT2D eigenvalue weighted by molar-refractivity contribution is 5.94. The molecule has 0 aliphatic carbocycles. The summed E-state index contributed by atoms with van der Waals surface area (Å²) in [6.07, 6.45) is 0.810. The molecule has 0 bridgehead atoms. The number of hydrogen-bond acceptors (Lipinski definition) is 5.